The molecule has 2 N–H and O–H groups in total. The number of hydrogen-bond acceptors (Lipinski definition) is 5. The molecule has 0 saturated heterocycles. The summed E-state index contributed by atoms with van der Waals surface area (Å²) in [6.07, 6.45) is -5.73. The fraction of sp³-hybridized carbons (Fsp3) is 0.231. The van der Waals surface area contributed by atoms with Gasteiger partial charge < -0.3 is 15.4 Å². The average Bonchev–Trinajstić information content (AvgIpc) is 2.81. The second kappa shape index (κ2) is 11.2. The lowest BCUT2D eigenvalue weighted by atomic mass is 10.0. The zero-order chi connectivity index (χ0) is 25.6. The summed E-state index contributed by atoms with van der Waals surface area (Å²) in [6.45, 7) is 3.48. The number of anilines is 3. The first-order valence-electron chi connectivity index (χ1n) is 10.7. The van der Waals surface area contributed by atoms with Gasteiger partial charge in [0, 0.05) is 16.9 Å². The maximum Gasteiger partial charge on any atom is 0.416 e. The second-order valence-corrected chi connectivity index (χ2v) is 8.53. The van der Waals surface area contributed by atoms with Crippen LogP contribution in [0.25, 0.3) is 0 Å². The number of halogens is 4. The monoisotopic (exact) mass is 501 g/mol. The molecule has 2 unspecified atom stereocenters. The van der Waals surface area contributed by atoms with Gasteiger partial charge in [0.1, 0.15) is 12.1 Å². The van der Waals surface area contributed by atoms with Crippen molar-refractivity contribution in [2.45, 2.75) is 32.2 Å². The van der Waals surface area contributed by atoms with Gasteiger partial charge in [0.05, 0.1) is 16.3 Å². The number of nitrogens with one attached hydrogen (secondary N) is 2. The van der Waals surface area contributed by atoms with Crippen molar-refractivity contribution in [2.75, 3.05) is 10.6 Å². The van der Waals surface area contributed by atoms with E-state index in [-0.39, 0.29) is 16.6 Å². The Morgan fingerprint density at radius 3 is 2.29 bits per heavy atom. The molecule has 5 nitrogen and oxygen atoms in total. The van der Waals surface area contributed by atoms with Crippen molar-refractivity contribution in [2.24, 2.45) is 5.92 Å². The van der Waals surface area contributed by atoms with Crippen LogP contribution in [0.15, 0.2) is 72.8 Å². The lowest BCUT2D eigenvalue weighted by Crippen LogP contribution is -2.36. The lowest BCUT2D eigenvalue weighted by Gasteiger charge is -2.24. The zero-order valence-corrected chi connectivity index (χ0v) is 19.7. The summed E-state index contributed by atoms with van der Waals surface area (Å²) in [5.74, 6) is -1.05. The molecular weight excluding hydrogens is 479 g/mol. The Morgan fingerprint density at radius 2 is 1.69 bits per heavy atom. The molecule has 0 amide bonds. The Kier molecular flexibility index (Phi) is 8.26. The number of ether oxygens (including phenoxy) is 1. The number of alkyl halides is 3. The van der Waals surface area contributed by atoms with E-state index in [0.717, 1.165) is 23.9 Å². The number of esters is 1. The highest BCUT2D eigenvalue weighted by molar-refractivity contribution is 6.33. The number of rotatable bonds is 8. The van der Waals surface area contributed by atoms with Crippen LogP contribution in [0.3, 0.4) is 0 Å². The molecule has 0 heterocycles. The maximum absolute atomic E-state index is 13.0. The van der Waals surface area contributed by atoms with Gasteiger partial charge in [-0.1, -0.05) is 55.8 Å². The smallest absolute Gasteiger partial charge is 0.416 e. The Morgan fingerprint density at radius 1 is 1.00 bits per heavy atom. The van der Waals surface area contributed by atoms with Gasteiger partial charge in [0.2, 0.25) is 6.10 Å². The molecule has 182 valence electrons. The predicted molar refractivity (Wildman–Crippen MR) is 129 cm³/mol. The third-order valence-corrected chi connectivity index (χ3v) is 5.44. The molecule has 0 aliphatic rings. The van der Waals surface area contributed by atoms with E-state index >= 15 is 0 Å². The molecular formula is C26H23ClF3N3O2. The molecule has 3 rings (SSSR count). The number of nitriles is 1. The highest BCUT2D eigenvalue weighted by Gasteiger charge is 2.32. The van der Waals surface area contributed by atoms with E-state index in [4.69, 9.17) is 16.3 Å². The molecule has 0 spiro atoms. The molecule has 0 fully saturated rings. The topological polar surface area (TPSA) is 74.1 Å². The Hall–Kier alpha value is -3.70. The standard InChI is InChI=1S/C26H23ClF3N3O2/c1-16(2)24(33-22-12-11-18(14-21(22)27)26(28,29)30)25(34)35-23(15-31)17-7-6-10-20(13-17)32-19-8-4-3-5-9-19/h3-14,16,23-24,32-33H,1-2H3. The minimum absolute atomic E-state index is 0.151. The number of benzene rings is 3. The van der Waals surface area contributed by atoms with Crippen LogP contribution in [0.5, 0.6) is 0 Å². The van der Waals surface area contributed by atoms with E-state index in [2.05, 4.69) is 10.6 Å². The quantitative estimate of drug-likeness (QED) is 0.316. The average molecular weight is 502 g/mol. The maximum atomic E-state index is 13.0. The molecule has 3 aromatic carbocycles. The molecule has 0 bridgehead atoms. The van der Waals surface area contributed by atoms with Crippen molar-refractivity contribution in [1.82, 2.24) is 0 Å². The van der Waals surface area contributed by atoms with Crippen LogP contribution in [0, 0.1) is 17.2 Å². The van der Waals surface area contributed by atoms with E-state index in [9.17, 15) is 23.2 Å². The molecule has 0 saturated carbocycles. The van der Waals surface area contributed by atoms with Crippen LogP contribution in [-0.2, 0) is 15.7 Å². The first kappa shape index (κ1) is 25.9. The van der Waals surface area contributed by atoms with Crippen LogP contribution in [0.4, 0.5) is 30.2 Å². The summed E-state index contributed by atoms with van der Waals surface area (Å²) in [5, 5.41) is 15.6. The van der Waals surface area contributed by atoms with Crippen LogP contribution in [0.1, 0.15) is 31.1 Å². The van der Waals surface area contributed by atoms with Gasteiger partial charge in [-0.05, 0) is 48.4 Å². The fourth-order valence-electron chi connectivity index (χ4n) is 3.30. The Balaban J connectivity index is 1.75. The SMILES string of the molecule is CC(C)C(Nc1ccc(C(F)(F)F)cc1Cl)C(=O)OC(C#N)c1cccc(Nc2ccccc2)c1. The van der Waals surface area contributed by atoms with Gasteiger partial charge in [-0.2, -0.15) is 18.4 Å². The molecule has 0 aromatic heterocycles. The van der Waals surface area contributed by atoms with Crippen LogP contribution in [-0.4, -0.2) is 12.0 Å². The van der Waals surface area contributed by atoms with Crippen LogP contribution >= 0.6 is 11.6 Å². The van der Waals surface area contributed by atoms with E-state index in [1.165, 1.54) is 0 Å². The Bertz CT molecular complexity index is 1210. The summed E-state index contributed by atoms with van der Waals surface area (Å²) in [4.78, 5) is 13.0. The molecule has 2 atom stereocenters. The lowest BCUT2D eigenvalue weighted by molar-refractivity contribution is -0.148. The molecule has 9 heteroatoms. The van der Waals surface area contributed by atoms with E-state index < -0.39 is 29.9 Å². The molecule has 0 aliphatic carbocycles. The van der Waals surface area contributed by atoms with Crippen molar-refractivity contribution in [1.29, 1.82) is 5.26 Å². The van der Waals surface area contributed by atoms with Crippen LogP contribution in [0.2, 0.25) is 5.02 Å². The van der Waals surface area contributed by atoms with Crippen molar-refractivity contribution in [3.05, 3.63) is 88.9 Å². The van der Waals surface area contributed by atoms with Crippen molar-refractivity contribution < 1.29 is 22.7 Å². The van der Waals surface area contributed by atoms with Crippen molar-refractivity contribution >= 4 is 34.6 Å². The first-order valence-corrected chi connectivity index (χ1v) is 11.1. The van der Waals surface area contributed by atoms with Gasteiger partial charge in [0.25, 0.3) is 0 Å². The van der Waals surface area contributed by atoms with E-state index in [1.807, 2.05) is 42.5 Å². The normalized spacial score (nSPS) is 13.0. The largest absolute Gasteiger partial charge is 0.440 e. The number of carbonyl (C=O) groups is 1. The molecule has 3 aromatic rings. The van der Waals surface area contributed by atoms with Crippen molar-refractivity contribution in [3.8, 4) is 6.07 Å². The first-order chi connectivity index (χ1) is 16.6. The number of para-hydroxylation sites is 1. The van der Waals surface area contributed by atoms with Crippen LogP contribution < -0.4 is 10.6 Å². The zero-order valence-electron chi connectivity index (χ0n) is 18.9. The summed E-state index contributed by atoms with van der Waals surface area (Å²) in [6, 6.07) is 20.2. The number of nitrogens with zero attached hydrogens (tertiary/aromatic N) is 1. The molecule has 0 radical (unpaired) electrons. The third kappa shape index (κ3) is 6.90. The van der Waals surface area contributed by atoms with Gasteiger partial charge in [0.15, 0.2) is 0 Å². The Labute approximate surface area is 206 Å². The molecule has 0 aliphatic heterocycles. The van der Waals surface area contributed by atoms with Gasteiger partial charge in [-0.15, -0.1) is 0 Å². The number of hydrogen-bond donors (Lipinski definition) is 2. The van der Waals surface area contributed by atoms with E-state index in [0.29, 0.717) is 11.3 Å². The summed E-state index contributed by atoms with van der Waals surface area (Å²) in [7, 11) is 0. The minimum Gasteiger partial charge on any atom is -0.440 e. The van der Waals surface area contributed by atoms with Gasteiger partial charge in [-0.25, -0.2) is 4.79 Å². The summed E-state index contributed by atoms with van der Waals surface area (Å²) < 4.78 is 44.3. The predicted octanol–water partition coefficient (Wildman–Crippen LogP) is 7.35. The molecule has 35 heavy (non-hydrogen) atoms. The summed E-state index contributed by atoms with van der Waals surface area (Å²) in [5.41, 5.74) is 1.28. The highest BCUT2D eigenvalue weighted by atomic mass is 35.5. The van der Waals surface area contributed by atoms with E-state index in [1.54, 1.807) is 32.0 Å². The van der Waals surface area contributed by atoms with Gasteiger partial charge >= 0.3 is 12.1 Å². The second-order valence-electron chi connectivity index (χ2n) is 8.12. The van der Waals surface area contributed by atoms with Crippen molar-refractivity contribution in [3.63, 3.8) is 0 Å². The fourth-order valence-corrected chi connectivity index (χ4v) is 3.53. The summed E-state index contributed by atoms with van der Waals surface area (Å²) >= 11 is 6.03. The number of carbonyl (C=O) groups excluding carboxylic acids is 1. The van der Waals surface area contributed by atoms with Gasteiger partial charge in [-0.3, -0.25) is 0 Å². The third-order valence-electron chi connectivity index (χ3n) is 5.13. The minimum atomic E-state index is -4.54. The highest BCUT2D eigenvalue weighted by Crippen LogP contribution is 2.34.